The summed E-state index contributed by atoms with van der Waals surface area (Å²) in [6, 6.07) is 24.5. The van der Waals surface area contributed by atoms with Crippen molar-refractivity contribution in [3.05, 3.63) is 78.4 Å². The number of ether oxygens (including phenoxy) is 2. The van der Waals surface area contributed by atoms with E-state index in [2.05, 4.69) is 29.2 Å². The maximum atomic E-state index is 13.5. The van der Waals surface area contributed by atoms with Crippen LogP contribution in [0.4, 0.5) is 5.69 Å². The summed E-state index contributed by atoms with van der Waals surface area (Å²) in [6.45, 7) is 3.75. The fourth-order valence-corrected chi connectivity index (χ4v) is 4.60. The number of nitrogens with zero attached hydrogens (tertiary/aromatic N) is 2. The molecule has 5 nitrogen and oxygen atoms in total. The lowest BCUT2D eigenvalue weighted by molar-refractivity contribution is -0.119. The molecule has 2 aliphatic heterocycles. The third kappa shape index (κ3) is 5.20. The Morgan fingerprint density at radius 1 is 0.818 bits per heavy atom. The van der Waals surface area contributed by atoms with Gasteiger partial charge in [-0.15, -0.1) is 0 Å². The number of piperidine rings is 1. The standard InChI is InChI=1S/C28H30N2O3/c31-28(14-17-29-15-5-2-6-16-29)30(20-22-12-13-26-27(18-22)33-21-32-26)25-11-7-10-24(19-25)23-8-3-1-4-9-23/h1,3-4,7-13,18-19H,2,5-6,14-17,20-21H2. The van der Waals surface area contributed by atoms with E-state index in [0.29, 0.717) is 13.0 Å². The van der Waals surface area contributed by atoms with Gasteiger partial charge < -0.3 is 19.3 Å². The van der Waals surface area contributed by atoms with E-state index in [9.17, 15) is 4.79 Å². The molecule has 0 spiro atoms. The van der Waals surface area contributed by atoms with Crippen molar-refractivity contribution in [3.8, 4) is 22.6 Å². The Bertz CT molecular complexity index is 1090. The normalized spacial score (nSPS) is 15.4. The number of carbonyl (C=O) groups is 1. The molecular weight excluding hydrogens is 412 g/mol. The van der Waals surface area contributed by atoms with E-state index in [1.54, 1.807) is 0 Å². The van der Waals surface area contributed by atoms with Gasteiger partial charge in [0.2, 0.25) is 12.7 Å². The molecule has 0 unspecified atom stereocenters. The first-order valence-electron chi connectivity index (χ1n) is 11.8. The molecule has 2 heterocycles. The van der Waals surface area contributed by atoms with Gasteiger partial charge >= 0.3 is 0 Å². The Morgan fingerprint density at radius 2 is 1.61 bits per heavy atom. The van der Waals surface area contributed by atoms with Crippen LogP contribution < -0.4 is 14.4 Å². The molecule has 0 bridgehead atoms. The predicted octanol–water partition coefficient (Wildman–Crippen LogP) is 5.49. The van der Waals surface area contributed by atoms with Crippen molar-refractivity contribution in [2.24, 2.45) is 0 Å². The quantitative estimate of drug-likeness (QED) is 0.485. The average Bonchev–Trinajstić information content (AvgIpc) is 3.35. The molecule has 0 N–H and O–H groups in total. The van der Waals surface area contributed by atoms with Crippen LogP contribution >= 0.6 is 0 Å². The molecule has 1 amide bonds. The molecule has 0 aliphatic carbocycles. The molecule has 3 aromatic carbocycles. The van der Waals surface area contributed by atoms with Crippen LogP contribution in [0.1, 0.15) is 31.2 Å². The predicted molar refractivity (Wildman–Crippen MR) is 131 cm³/mol. The second-order valence-corrected chi connectivity index (χ2v) is 8.74. The Kier molecular flexibility index (Phi) is 6.58. The van der Waals surface area contributed by atoms with Crippen LogP contribution in [0.25, 0.3) is 11.1 Å². The van der Waals surface area contributed by atoms with Crippen molar-refractivity contribution in [3.63, 3.8) is 0 Å². The number of amides is 1. The zero-order valence-corrected chi connectivity index (χ0v) is 18.9. The molecule has 0 radical (unpaired) electrons. The third-order valence-corrected chi connectivity index (χ3v) is 6.43. The van der Waals surface area contributed by atoms with Gasteiger partial charge in [0, 0.05) is 18.7 Å². The molecule has 5 heteroatoms. The average molecular weight is 443 g/mol. The van der Waals surface area contributed by atoms with Gasteiger partial charge in [-0.1, -0.05) is 55.0 Å². The van der Waals surface area contributed by atoms with Gasteiger partial charge in [0.05, 0.1) is 6.54 Å². The van der Waals surface area contributed by atoms with Crippen LogP contribution in [0.15, 0.2) is 72.8 Å². The summed E-state index contributed by atoms with van der Waals surface area (Å²) < 4.78 is 11.0. The lowest BCUT2D eigenvalue weighted by atomic mass is 10.0. The maximum absolute atomic E-state index is 13.5. The number of hydrogen-bond donors (Lipinski definition) is 0. The Labute approximate surface area is 195 Å². The Morgan fingerprint density at radius 3 is 2.45 bits per heavy atom. The lowest BCUT2D eigenvalue weighted by Crippen LogP contribution is -2.36. The van der Waals surface area contributed by atoms with Crippen molar-refractivity contribution < 1.29 is 14.3 Å². The SMILES string of the molecule is O=C(CCN1CCCCC1)N(Cc1ccc2c(c1)OCO2)c1cccc(-c2ccccc2)c1. The van der Waals surface area contributed by atoms with Crippen LogP contribution in [-0.4, -0.2) is 37.2 Å². The van der Waals surface area contributed by atoms with Crippen molar-refractivity contribution in [2.45, 2.75) is 32.2 Å². The number of fused-ring (bicyclic) bond motifs is 1. The number of hydrogen-bond acceptors (Lipinski definition) is 4. The fraction of sp³-hybridized carbons (Fsp3) is 0.321. The first kappa shape index (κ1) is 21.5. The highest BCUT2D eigenvalue weighted by Gasteiger charge is 2.21. The maximum Gasteiger partial charge on any atom is 0.231 e. The number of carbonyl (C=O) groups excluding carboxylic acids is 1. The minimum atomic E-state index is 0.142. The van der Waals surface area contributed by atoms with Gasteiger partial charge in [-0.2, -0.15) is 0 Å². The first-order valence-corrected chi connectivity index (χ1v) is 11.8. The Balaban J connectivity index is 1.40. The van der Waals surface area contributed by atoms with Crippen molar-refractivity contribution in [1.29, 1.82) is 0 Å². The molecule has 0 saturated carbocycles. The highest BCUT2D eigenvalue weighted by molar-refractivity contribution is 5.94. The molecule has 3 aromatic rings. The summed E-state index contributed by atoms with van der Waals surface area (Å²) >= 11 is 0. The molecule has 0 aromatic heterocycles. The lowest BCUT2D eigenvalue weighted by Gasteiger charge is -2.28. The van der Waals surface area contributed by atoms with E-state index in [0.717, 1.165) is 53.5 Å². The topological polar surface area (TPSA) is 42.0 Å². The number of anilines is 1. The van der Waals surface area contributed by atoms with E-state index in [1.807, 2.05) is 53.4 Å². The highest BCUT2D eigenvalue weighted by Crippen LogP contribution is 2.34. The highest BCUT2D eigenvalue weighted by atomic mass is 16.7. The van der Waals surface area contributed by atoms with Crippen LogP contribution in [-0.2, 0) is 11.3 Å². The minimum Gasteiger partial charge on any atom is -0.454 e. The van der Waals surface area contributed by atoms with Gasteiger partial charge in [0.15, 0.2) is 11.5 Å². The first-order chi connectivity index (χ1) is 16.3. The van der Waals surface area contributed by atoms with Crippen LogP contribution in [0.2, 0.25) is 0 Å². The monoisotopic (exact) mass is 442 g/mol. The van der Waals surface area contributed by atoms with E-state index in [1.165, 1.54) is 19.3 Å². The van der Waals surface area contributed by atoms with Gasteiger partial charge in [-0.25, -0.2) is 0 Å². The second kappa shape index (κ2) is 10.1. The number of likely N-dealkylation sites (tertiary alicyclic amines) is 1. The summed E-state index contributed by atoms with van der Waals surface area (Å²) in [4.78, 5) is 17.8. The molecular formula is C28H30N2O3. The molecule has 1 saturated heterocycles. The summed E-state index contributed by atoms with van der Waals surface area (Å²) in [5.74, 6) is 1.64. The van der Waals surface area contributed by atoms with Crippen molar-refractivity contribution >= 4 is 11.6 Å². The fourth-order valence-electron chi connectivity index (χ4n) is 4.60. The summed E-state index contributed by atoms with van der Waals surface area (Å²) in [5, 5.41) is 0. The number of benzene rings is 3. The third-order valence-electron chi connectivity index (χ3n) is 6.43. The minimum absolute atomic E-state index is 0.142. The second-order valence-electron chi connectivity index (χ2n) is 8.74. The zero-order valence-electron chi connectivity index (χ0n) is 18.9. The summed E-state index contributed by atoms with van der Waals surface area (Å²) in [7, 11) is 0. The van der Waals surface area contributed by atoms with Gasteiger partial charge in [0.25, 0.3) is 0 Å². The van der Waals surface area contributed by atoms with Crippen molar-refractivity contribution in [2.75, 3.05) is 31.3 Å². The van der Waals surface area contributed by atoms with E-state index in [4.69, 9.17) is 9.47 Å². The molecule has 5 rings (SSSR count). The van der Waals surface area contributed by atoms with Crippen LogP contribution in [0.5, 0.6) is 11.5 Å². The van der Waals surface area contributed by atoms with Gasteiger partial charge in [-0.3, -0.25) is 4.79 Å². The number of rotatable bonds is 7. The van der Waals surface area contributed by atoms with E-state index >= 15 is 0 Å². The van der Waals surface area contributed by atoms with Crippen LogP contribution in [0.3, 0.4) is 0 Å². The Hall–Kier alpha value is -3.31. The molecule has 1 fully saturated rings. The van der Waals surface area contributed by atoms with E-state index < -0.39 is 0 Å². The zero-order chi connectivity index (χ0) is 22.5. The molecule has 2 aliphatic rings. The van der Waals surface area contributed by atoms with Crippen LogP contribution in [0, 0.1) is 0 Å². The smallest absolute Gasteiger partial charge is 0.231 e. The van der Waals surface area contributed by atoms with E-state index in [-0.39, 0.29) is 12.7 Å². The molecule has 170 valence electrons. The van der Waals surface area contributed by atoms with Gasteiger partial charge in [0.1, 0.15) is 0 Å². The summed E-state index contributed by atoms with van der Waals surface area (Å²) in [6.07, 6.45) is 4.27. The largest absolute Gasteiger partial charge is 0.454 e. The van der Waals surface area contributed by atoms with Crippen molar-refractivity contribution in [1.82, 2.24) is 4.90 Å². The molecule has 33 heavy (non-hydrogen) atoms. The molecule has 0 atom stereocenters. The van der Waals surface area contributed by atoms with Gasteiger partial charge in [-0.05, 0) is 66.9 Å². The summed E-state index contributed by atoms with van der Waals surface area (Å²) in [5.41, 5.74) is 4.18.